The smallest absolute Gasteiger partial charge is 0.207 e. The van der Waals surface area contributed by atoms with Gasteiger partial charge >= 0.3 is 6.18 Å². The third-order valence-electron chi connectivity index (χ3n) is 3.20. The number of rotatable bonds is 2. The Morgan fingerprint density at radius 3 is 2.25 bits per heavy atom. The van der Waals surface area contributed by atoms with Gasteiger partial charge < -0.3 is 0 Å². The summed E-state index contributed by atoms with van der Waals surface area (Å²) in [6.07, 6.45) is -2.17. The molecule has 1 heterocycles. The number of sulfonamides is 1. The summed E-state index contributed by atoms with van der Waals surface area (Å²) in [5, 5.41) is 0. The number of halogens is 4. The van der Waals surface area contributed by atoms with E-state index in [2.05, 4.69) is 15.9 Å². The molecule has 1 aliphatic rings. The van der Waals surface area contributed by atoms with E-state index < -0.39 is 21.8 Å². The molecular weight excluding hydrogens is 359 g/mol. The van der Waals surface area contributed by atoms with Crippen LogP contribution in [0.15, 0.2) is 27.6 Å². The fraction of sp³-hybridized carbons (Fsp3) is 0.500. The first-order chi connectivity index (χ1) is 9.23. The Hall–Kier alpha value is -0.600. The predicted octanol–water partition coefficient (Wildman–Crippen LogP) is 3.64. The van der Waals surface area contributed by atoms with E-state index in [4.69, 9.17) is 0 Å². The Kier molecular flexibility index (Phi) is 4.46. The van der Waals surface area contributed by atoms with E-state index in [1.165, 1.54) is 10.4 Å². The number of hydrogen-bond acceptors (Lipinski definition) is 2. The molecule has 0 saturated carbocycles. The van der Waals surface area contributed by atoms with Gasteiger partial charge in [0.15, 0.2) is 0 Å². The lowest BCUT2D eigenvalue weighted by Crippen LogP contribution is -2.35. The minimum absolute atomic E-state index is 0.164. The third-order valence-corrected chi connectivity index (χ3v) is 5.78. The minimum atomic E-state index is -4.59. The van der Waals surface area contributed by atoms with Crippen molar-refractivity contribution in [1.29, 1.82) is 0 Å². The van der Waals surface area contributed by atoms with Crippen molar-refractivity contribution in [3.05, 3.63) is 28.2 Å². The van der Waals surface area contributed by atoms with Crippen molar-refractivity contribution in [3.8, 4) is 0 Å². The maximum absolute atomic E-state index is 12.8. The molecule has 0 spiro atoms. The van der Waals surface area contributed by atoms with Crippen LogP contribution in [0.1, 0.15) is 24.8 Å². The lowest BCUT2D eigenvalue weighted by atomic mass is 10.2. The second-order valence-corrected chi connectivity index (χ2v) is 7.40. The second kappa shape index (κ2) is 5.65. The van der Waals surface area contributed by atoms with Gasteiger partial charge in [0.2, 0.25) is 10.0 Å². The van der Waals surface area contributed by atoms with Gasteiger partial charge in [0.25, 0.3) is 0 Å². The van der Waals surface area contributed by atoms with Gasteiger partial charge in [0.05, 0.1) is 10.5 Å². The molecule has 0 unspecified atom stereocenters. The molecule has 8 heteroatoms. The van der Waals surface area contributed by atoms with Crippen molar-refractivity contribution >= 4 is 26.0 Å². The lowest BCUT2D eigenvalue weighted by molar-refractivity contribution is -0.138. The second-order valence-electron chi connectivity index (χ2n) is 4.60. The molecule has 20 heavy (non-hydrogen) atoms. The van der Waals surface area contributed by atoms with Crippen LogP contribution in [0.4, 0.5) is 13.2 Å². The van der Waals surface area contributed by atoms with Gasteiger partial charge in [-0.1, -0.05) is 22.4 Å². The van der Waals surface area contributed by atoms with Crippen molar-refractivity contribution in [2.75, 3.05) is 13.1 Å². The van der Waals surface area contributed by atoms with Gasteiger partial charge in [-0.3, -0.25) is 0 Å². The Morgan fingerprint density at radius 2 is 1.70 bits per heavy atom. The molecule has 1 aromatic carbocycles. The van der Waals surface area contributed by atoms with Gasteiger partial charge in [0, 0.05) is 17.6 Å². The van der Waals surface area contributed by atoms with Gasteiger partial charge in [-0.25, -0.2) is 8.42 Å². The van der Waals surface area contributed by atoms with Crippen molar-refractivity contribution < 1.29 is 21.6 Å². The zero-order chi connectivity index (χ0) is 15.0. The standard InChI is InChI=1S/C12H13BrF3NO2S/c13-11-5-4-9(8-10(11)12(14,15)16)20(18,19)17-6-2-1-3-7-17/h4-5,8H,1-3,6-7H2. The number of benzene rings is 1. The minimum Gasteiger partial charge on any atom is -0.207 e. The summed E-state index contributed by atoms with van der Waals surface area (Å²) >= 11 is 2.80. The normalized spacial score (nSPS) is 18.2. The number of nitrogens with zero attached hydrogens (tertiary/aromatic N) is 1. The van der Waals surface area contributed by atoms with Crippen LogP contribution in [0.25, 0.3) is 0 Å². The van der Waals surface area contributed by atoms with E-state index in [1.807, 2.05) is 0 Å². The number of alkyl halides is 3. The van der Waals surface area contributed by atoms with Gasteiger partial charge in [-0.2, -0.15) is 17.5 Å². The number of hydrogen-bond donors (Lipinski definition) is 0. The Morgan fingerprint density at radius 1 is 1.10 bits per heavy atom. The highest BCUT2D eigenvalue weighted by Gasteiger charge is 2.35. The molecule has 0 radical (unpaired) electrons. The molecule has 0 aromatic heterocycles. The molecule has 0 N–H and O–H groups in total. The summed E-state index contributed by atoms with van der Waals surface area (Å²) in [6, 6.07) is 3.01. The maximum atomic E-state index is 12.8. The summed E-state index contributed by atoms with van der Waals surface area (Å²) in [7, 11) is -3.85. The first-order valence-electron chi connectivity index (χ1n) is 6.10. The largest absolute Gasteiger partial charge is 0.417 e. The van der Waals surface area contributed by atoms with Crippen LogP contribution in [-0.2, 0) is 16.2 Å². The average molecular weight is 372 g/mol. The van der Waals surface area contributed by atoms with Crippen LogP contribution >= 0.6 is 15.9 Å². The first kappa shape index (κ1) is 15.8. The molecule has 112 valence electrons. The quantitative estimate of drug-likeness (QED) is 0.795. The molecule has 1 saturated heterocycles. The average Bonchev–Trinajstić information content (AvgIpc) is 2.38. The molecule has 3 nitrogen and oxygen atoms in total. The molecular formula is C12H13BrF3NO2S. The fourth-order valence-corrected chi connectivity index (χ4v) is 4.15. The van der Waals surface area contributed by atoms with Crippen LogP contribution in [-0.4, -0.2) is 25.8 Å². The highest BCUT2D eigenvalue weighted by atomic mass is 79.9. The van der Waals surface area contributed by atoms with E-state index >= 15 is 0 Å². The van der Waals surface area contributed by atoms with Crippen molar-refractivity contribution in [1.82, 2.24) is 4.31 Å². The Labute approximate surface area is 123 Å². The highest BCUT2D eigenvalue weighted by Crippen LogP contribution is 2.36. The fourth-order valence-electron chi connectivity index (χ4n) is 2.14. The lowest BCUT2D eigenvalue weighted by Gasteiger charge is -2.26. The third kappa shape index (κ3) is 3.17. The van der Waals surface area contributed by atoms with Crippen molar-refractivity contribution in [3.63, 3.8) is 0 Å². The Bertz CT molecular complexity index is 595. The molecule has 1 fully saturated rings. The van der Waals surface area contributed by atoms with E-state index in [0.717, 1.165) is 25.3 Å². The summed E-state index contributed by atoms with van der Waals surface area (Å²) in [5.41, 5.74) is -0.976. The summed E-state index contributed by atoms with van der Waals surface area (Å²) < 4.78 is 64.2. The van der Waals surface area contributed by atoms with Crippen LogP contribution in [0, 0.1) is 0 Å². The van der Waals surface area contributed by atoms with Gasteiger partial charge in [0.1, 0.15) is 0 Å². The highest BCUT2D eigenvalue weighted by molar-refractivity contribution is 9.10. The molecule has 2 rings (SSSR count). The summed E-state index contributed by atoms with van der Waals surface area (Å²) in [5.74, 6) is 0. The topological polar surface area (TPSA) is 37.4 Å². The zero-order valence-corrected chi connectivity index (χ0v) is 12.9. The maximum Gasteiger partial charge on any atom is 0.417 e. The van der Waals surface area contributed by atoms with E-state index in [1.54, 1.807) is 0 Å². The number of piperidine rings is 1. The SMILES string of the molecule is O=S(=O)(c1ccc(Br)c(C(F)(F)F)c1)N1CCCCC1. The molecule has 0 bridgehead atoms. The molecule has 1 aliphatic heterocycles. The monoisotopic (exact) mass is 371 g/mol. The van der Waals surface area contributed by atoms with Crippen molar-refractivity contribution in [2.24, 2.45) is 0 Å². The van der Waals surface area contributed by atoms with Crippen LogP contribution in [0.5, 0.6) is 0 Å². The molecule has 0 atom stereocenters. The zero-order valence-electron chi connectivity index (χ0n) is 10.5. The van der Waals surface area contributed by atoms with Crippen LogP contribution in [0.2, 0.25) is 0 Å². The molecule has 1 aromatic rings. The first-order valence-corrected chi connectivity index (χ1v) is 8.33. The van der Waals surface area contributed by atoms with Crippen molar-refractivity contribution in [2.45, 2.75) is 30.3 Å². The summed E-state index contributed by atoms with van der Waals surface area (Å²) in [6.45, 7) is 0.722. The Balaban J connectivity index is 2.42. The van der Waals surface area contributed by atoms with E-state index in [-0.39, 0.29) is 9.37 Å². The van der Waals surface area contributed by atoms with Gasteiger partial charge in [-0.15, -0.1) is 0 Å². The molecule has 0 amide bonds. The summed E-state index contributed by atoms with van der Waals surface area (Å²) in [4.78, 5) is -0.310. The van der Waals surface area contributed by atoms with E-state index in [0.29, 0.717) is 19.2 Å². The predicted molar refractivity (Wildman–Crippen MR) is 71.8 cm³/mol. The van der Waals surface area contributed by atoms with Gasteiger partial charge in [-0.05, 0) is 31.0 Å². The van der Waals surface area contributed by atoms with E-state index in [9.17, 15) is 21.6 Å². The van der Waals surface area contributed by atoms with Crippen LogP contribution < -0.4 is 0 Å². The molecule has 0 aliphatic carbocycles. The van der Waals surface area contributed by atoms with Crippen LogP contribution in [0.3, 0.4) is 0 Å².